The highest BCUT2D eigenvalue weighted by Gasteiger charge is 2.31. The highest BCUT2D eigenvalue weighted by atomic mass is 19.4. The number of para-hydroxylation sites is 1. The van der Waals surface area contributed by atoms with E-state index in [1.54, 1.807) is 20.3 Å². The molecule has 0 aliphatic carbocycles. The van der Waals surface area contributed by atoms with Crippen molar-refractivity contribution in [3.63, 3.8) is 0 Å². The summed E-state index contributed by atoms with van der Waals surface area (Å²) in [6.07, 6.45) is -4.31. The van der Waals surface area contributed by atoms with Crippen molar-refractivity contribution >= 4 is 5.69 Å². The van der Waals surface area contributed by atoms with Crippen molar-refractivity contribution in [2.45, 2.75) is 12.7 Å². The smallest absolute Gasteiger partial charge is 0.416 e. The predicted octanol–water partition coefficient (Wildman–Crippen LogP) is 2.63. The molecule has 1 saturated heterocycles. The summed E-state index contributed by atoms with van der Waals surface area (Å²) in [5.74, 6) is 1.45. The number of halogens is 3. The maximum atomic E-state index is 12.9. The van der Waals surface area contributed by atoms with E-state index in [4.69, 9.17) is 9.47 Å². The molecule has 0 unspecified atom stereocenters. The molecule has 7 heteroatoms. The van der Waals surface area contributed by atoms with E-state index in [1.165, 1.54) is 17.0 Å². The number of alkyl halides is 3. The summed E-state index contributed by atoms with van der Waals surface area (Å²) in [5, 5.41) is 0. The Morgan fingerprint density at radius 2 is 1.70 bits per heavy atom. The molecule has 0 radical (unpaired) electrons. The minimum absolute atomic E-state index is 0.601. The second kappa shape index (κ2) is 8.08. The molecule has 0 aromatic heterocycles. The van der Waals surface area contributed by atoms with E-state index in [2.05, 4.69) is 0 Å². The fourth-order valence-electron chi connectivity index (χ4n) is 3.50. The highest BCUT2D eigenvalue weighted by Crippen LogP contribution is 2.32. The Hall–Kier alpha value is -2.41. The standard InChI is InChI=1S/C20H23F3N2O2/c1-26-18-8-3-5-15(19(18)27-2)14-24-9-11-25(12-10-24)17-7-4-6-16(13-17)20(21,22)23/h3-8,13H,9-12,14H2,1-2H3/p+1. The molecule has 1 aliphatic rings. The van der Waals surface area contributed by atoms with Crippen LogP contribution in [0.25, 0.3) is 0 Å². The zero-order chi connectivity index (χ0) is 19.4. The molecule has 0 saturated carbocycles. The number of hydrogen-bond donors (Lipinski definition) is 1. The average molecular weight is 381 g/mol. The number of benzene rings is 2. The molecule has 146 valence electrons. The fraction of sp³-hybridized carbons (Fsp3) is 0.400. The van der Waals surface area contributed by atoms with Crippen molar-refractivity contribution in [1.82, 2.24) is 0 Å². The lowest BCUT2D eigenvalue weighted by atomic mass is 10.1. The first-order chi connectivity index (χ1) is 12.9. The molecule has 27 heavy (non-hydrogen) atoms. The SMILES string of the molecule is COc1cccc(C[NH+]2CCN(c3cccc(C(F)(F)F)c3)CC2)c1OC. The van der Waals surface area contributed by atoms with Crippen LogP contribution in [0.5, 0.6) is 11.5 Å². The van der Waals surface area contributed by atoms with Crippen molar-refractivity contribution in [3.8, 4) is 11.5 Å². The molecule has 2 aromatic carbocycles. The van der Waals surface area contributed by atoms with Gasteiger partial charge in [-0.1, -0.05) is 12.1 Å². The molecule has 0 bridgehead atoms. The van der Waals surface area contributed by atoms with Crippen molar-refractivity contribution in [3.05, 3.63) is 53.6 Å². The predicted molar refractivity (Wildman–Crippen MR) is 97.6 cm³/mol. The lowest BCUT2D eigenvalue weighted by Crippen LogP contribution is -3.13. The van der Waals surface area contributed by atoms with Gasteiger partial charge < -0.3 is 19.3 Å². The van der Waals surface area contributed by atoms with Gasteiger partial charge in [0.15, 0.2) is 11.5 Å². The number of ether oxygens (including phenoxy) is 2. The molecular weight excluding hydrogens is 357 g/mol. The summed E-state index contributed by atoms with van der Waals surface area (Å²) >= 11 is 0. The van der Waals surface area contributed by atoms with E-state index in [1.807, 2.05) is 23.1 Å². The minimum Gasteiger partial charge on any atom is -0.493 e. The number of nitrogens with zero attached hydrogens (tertiary/aromatic N) is 1. The van der Waals surface area contributed by atoms with Crippen LogP contribution in [-0.2, 0) is 12.7 Å². The molecule has 2 aromatic rings. The van der Waals surface area contributed by atoms with E-state index in [0.29, 0.717) is 24.5 Å². The second-order valence-corrected chi connectivity index (χ2v) is 6.61. The van der Waals surface area contributed by atoms with E-state index in [-0.39, 0.29) is 0 Å². The normalized spacial score (nSPS) is 15.7. The first-order valence-corrected chi connectivity index (χ1v) is 8.88. The van der Waals surface area contributed by atoms with E-state index >= 15 is 0 Å². The quantitative estimate of drug-likeness (QED) is 0.863. The van der Waals surface area contributed by atoms with Gasteiger partial charge in [0.2, 0.25) is 0 Å². The molecule has 1 N–H and O–H groups in total. The molecule has 0 amide bonds. The lowest BCUT2D eigenvalue weighted by Gasteiger charge is -2.34. The topological polar surface area (TPSA) is 26.1 Å². The first-order valence-electron chi connectivity index (χ1n) is 8.88. The van der Waals surface area contributed by atoms with Crippen molar-refractivity contribution in [2.75, 3.05) is 45.3 Å². The number of quaternary nitrogens is 1. The third-order valence-corrected chi connectivity index (χ3v) is 4.93. The summed E-state index contributed by atoms with van der Waals surface area (Å²) in [5.41, 5.74) is 1.10. The van der Waals surface area contributed by atoms with Gasteiger partial charge >= 0.3 is 6.18 Å². The zero-order valence-electron chi connectivity index (χ0n) is 15.5. The summed E-state index contributed by atoms with van der Waals surface area (Å²) in [7, 11) is 3.24. The largest absolute Gasteiger partial charge is 0.493 e. The van der Waals surface area contributed by atoms with Crippen LogP contribution >= 0.6 is 0 Å². The van der Waals surface area contributed by atoms with Crippen molar-refractivity contribution in [1.29, 1.82) is 0 Å². The Labute approximate surface area is 157 Å². The highest BCUT2D eigenvalue weighted by molar-refractivity contribution is 5.49. The molecule has 4 nitrogen and oxygen atoms in total. The third-order valence-electron chi connectivity index (χ3n) is 4.93. The molecule has 1 heterocycles. The van der Waals surface area contributed by atoms with Crippen LogP contribution in [0, 0.1) is 0 Å². The molecule has 1 aliphatic heterocycles. The third kappa shape index (κ3) is 4.47. The van der Waals surface area contributed by atoms with E-state index in [0.717, 1.165) is 37.0 Å². The maximum Gasteiger partial charge on any atom is 0.416 e. The van der Waals surface area contributed by atoms with Gasteiger partial charge in [0, 0.05) is 5.69 Å². The summed E-state index contributed by atoms with van der Waals surface area (Å²) in [6, 6.07) is 11.4. The Balaban J connectivity index is 1.65. The van der Waals surface area contributed by atoms with Gasteiger partial charge in [0.25, 0.3) is 0 Å². The van der Waals surface area contributed by atoms with Gasteiger partial charge in [-0.2, -0.15) is 13.2 Å². The Morgan fingerprint density at radius 3 is 2.33 bits per heavy atom. The van der Waals surface area contributed by atoms with Crippen LogP contribution in [0.2, 0.25) is 0 Å². The lowest BCUT2D eigenvalue weighted by molar-refractivity contribution is -0.914. The first kappa shape index (κ1) is 19.4. The summed E-state index contributed by atoms with van der Waals surface area (Å²) in [6.45, 7) is 3.90. The van der Waals surface area contributed by atoms with Crippen LogP contribution in [0.4, 0.5) is 18.9 Å². The van der Waals surface area contributed by atoms with Crippen LogP contribution in [-0.4, -0.2) is 40.4 Å². The Kier molecular flexibility index (Phi) is 5.79. The van der Waals surface area contributed by atoms with Gasteiger partial charge in [-0.05, 0) is 30.3 Å². The van der Waals surface area contributed by atoms with Gasteiger partial charge in [0.1, 0.15) is 6.54 Å². The number of anilines is 1. The monoisotopic (exact) mass is 381 g/mol. The molecule has 1 fully saturated rings. The molecular formula is C20H24F3N2O2+. The zero-order valence-corrected chi connectivity index (χ0v) is 15.5. The average Bonchev–Trinajstić information content (AvgIpc) is 2.68. The van der Waals surface area contributed by atoms with E-state index in [9.17, 15) is 13.2 Å². The Bertz CT molecular complexity index is 772. The molecule has 0 atom stereocenters. The maximum absolute atomic E-state index is 12.9. The van der Waals surface area contributed by atoms with Gasteiger partial charge in [-0.15, -0.1) is 0 Å². The Morgan fingerprint density at radius 1 is 1.00 bits per heavy atom. The van der Waals surface area contributed by atoms with E-state index < -0.39 is 11.7 Å². The number of nitrogens with one attached hydrogen (secondary N) is 1. The van der Waals surface area contributed by atoms with Crippen LogP contribution in [0.3, 0.4) is 0 Å². The second-order valence-electron chi connectivity index (χ2n) is 6.61. The molecule has 3 rings (SSSR count). The van der Waals surface area contributed by atoms with Crippen LogP contribution < -0.4 is 19.3 Å². The summed E-state index contributed by atoms with van der Waals surface area (Å²) in [4.78, 5) is 3.38. The van der Waals surface area contributed by atoms with Gasteiger partial charge in [-0.3, -0.25) is 0 Å². The van der Waals surface area contributed by atoms with Crippen LogP contribution in [0.15, 0.2) is 42.5 Å². The van der Waals surface area contributed by atoms with Gasteiger partial charge in [0.05, 0.1) is 51.5 Å². The van der Waals surface area contributed by atoms with Crippen molar-refractivity contribution in [2.24, 2.45) is 0 Å². The van der Waals surface area contributed by atoms with Crippen LogP contribution in [0.1, 0.15) is 11.1 Å². The number of rotatable bonds is 5. The van der Waals surface area contributed by atoms with Crippen molar-refractivity contribution < 1.29 is 27.5 Å². The molecule has 0 spiro atoms. The number of hydrogen-bond acceptors (Lipinski definition) is 3. The minimum atomic E-state index is -4.31. The number of methoxy groups -OCH3 is 2. The summed E-state index contributed by atoms with van der Waals surface area (Å²) < 4.78 is 49.6. The number of piperazine rings is 1. The fourth-order valence-corrected chi connectivity index (χ4v) is 3.50. The van der Waals surface area contributed by atoms with Gasteiger partial charge in [-0.25, -0.2) is 0 Å².